The first kappa shape index (κ1) is 30.9. The average molecular weight is 609 g/mol. The second-order valence-corrected chi connectivity index (χ2v) is 17.5. The first-order chi connectivity index (χ1) is 20.9. The number of ether oxygens (including phenoxy) is 2. The monoisotopic (exact) mass is 608 g/mol. The van der Waals surface area contributed by atoms with Gasteiger partial charge in [0.25, 0.3) is 0 Å². The quantitative estimate of drug-likeness (QED) is 0.265. The Bertz CT molecular complexity index is 1160. The number of rotatable bonds is 0. The molecular weight excluding hydrogens is 552 g/mol. The summed E-state index contributed by atoms with van der Waals surface area (Å²) in [6.45, 7) is 10.5. The summed E-state index contributed by atoms with van der Waals surface area (Å²) in [4.78, 5) is 48.4. The van der Waals surface area contributed by atoms with Crippen LogP contribution in [0.2, 0.25) is 0 Å². The van der Waals surface area contributed by atoms with Gasteiger partial charge in [0.15, 0.2) is 0 Å². The minimum absolute atomic E-state index is 0.00358. The van der Waals surface area contributed by atoms with E-state index in [2.05, 4.69) is 27.7 Å². The molecule has 6 heteroatoms. The van der Waals surface area contributed by atoms with E-state index in [1.807, 2.05) is 0 Å². The van der Waals surface area contributed by atoms with Crippen LogP contribution in [0.1, 0.15) is 130 Å². The third-order valence-electron chi connectivity index (χ3n) is 16.2. The minimum Gasteiger partial charge on any atom is -0.466 e. The molecule has 0 spiro atoms. The fourth-order valence-electron chi connectivity index (χ4n) is 13.3. The Balaban J connectivity index is 0.000000142. The number of ketones is 2. The molecule has 8 fully saturated rings. The maximum Gasteiger partial charge on any atom is 0.306 e. The van der Waals surface area contributed by atoms with Crippen molar-refractivity contribution in [2.24, 2.45) is 69.0 Å². The zero-order valence-corrected chi connectivity index (χ0v) is 27.8. The van der Waals surface area contributed by atoms with E-state index in [1.54, 1.807) is 0 Å². The highest BCUT2D eigenvalue weighted by molar-refractivity contribution is 5.87. The summed E-state index contributed by atoms with van der Waals surface area (Å²) < 4.78 is 10.8. The van der Waals surface area contributed by atoms with Gasteiger partial charge in [0.2, 0.25) is 0 Å². The number of fused-ring (bicyclic) bond motifs is 10. The molecule has 0 aromatic rings. The van der Waals surface area contributed by atoms with Gasteiger partial charge in [-0.15, -0.1) is 0 Å². The van der Waals surface area contributed by atoms with Crippen molar-refractivity contribution in [2.45, 2.75) is 130 Å². The molecule has 6 saturated carbocycles. The van der Waals surface area contributed by atoms with Crippen molar-refractivity contribution in [3.8, 4) is 0 Å². The number of hydrogen-bond acceptors (Lipinski definition) is 6. The molecular formula is C38H56O6. The molecule has 0 unspecified atom stereocenters. The van der Waals surface area contributed by atoms with Crippen LogP contribution in [0.25, 0.3) is 0 Å². The smallest absolute Gasteiger partial charge is 0.306 e. The van der Waals surface area contributed by atoms with E-state index in [-0.39, 0.29) is 33.6 Å². The summed E-state index contributed by atoms with van der Waals surface area (Å²) in [6, 6.07) is 0. The maximum atomic E-state index is 12.4. The van der Waals surface area contributed by atoms with Gasteiger partial charge in [-0.05, 0) is 135 Å². The Morgan fingerprint density at radius 2 is 1.07 bits per heavy atom. The van der Waals surface area contributed by atoms with Crippen molar-refractivity contribution in [3.63, 3.8) is 0 Å². The summed E-state index contributed by atoms with van der Waals surface area (Å²) in [5.74, 6) is 5.99. The highest BCUT2D eigenvalue weighted by Gasteiger charge is 2.61. The Morgan fingerprint density at radius 1 is 0.523 bits per heavy atom. The third kappa shape index (κ3) is 4.60. The molecule has 2 heterocycles. The van der Waals surface area contributed by atoms with Crippen molar-refractivity contribution in [1.82, 2.24) is 0 Å². The van der Waals surface area contributed by atoms with Crippen molar-refractivity contribution in [2.75, 3.05) is 13.2 Å². The molecule has 0 aromatic heterocycles. The molecule has 6 aliphatic carbocycles. The molecule has 2 saturated heterocycles. The number of carbonyl (C=O) groups excluding carboxylic acids is 4. The van der Waals surface area contributed by atoms with Gasteiger partial charge >= 0.3 is 11.9 Å². The van der Waals surface area contributed by atoms with E-state index >= 15 is 0 Å². The molecule has 0 bridgehead atoms. The Labute approximate surface area is 264 Å². The summed E-state index contributed by atoms with van der Waals surface area (Å²) in [5, 5.41) is 0. The summed E-state index contributed by atoms with van der Waals surface area (Å²) >= 11 is 0. The second kappa shape index (κ2) is 10.9. The minimum atomic E-state index is -0.0403. The van der Waals surface area contributed by atoms with E-state index in [0.717, 1.165) is 57.8 Å². The van der Waals surface area contributed by atoms with Crippen LogP contribution in [0.4, 0.5) is 0 Å². The summed E-state index contributed by atoms with van der Waals surface area (Å²) in [6.07, 6.45) is 16.2. The molecule has 12 atom stereocenters. The summed E-state index contributed by atoms with van der Waals surface area (Å²) in [5.41, 5.74) is 0.396. The number of carbonyl (C=O) groups is 4. The van der Waals surface area contributed by atoms with Crippen LogP contribution in [-0.4, -0.2) is 36.7 Å². The van der Waals surface area contributed by atoms with E-state index in [4.69, 9.17) is 9.47 Å². The molecule has 2 aliphatic heterocycles. The fraction of sp³-hybridized carbons (Fsp3) is 0.895. The SMILES string of the molecule is C[C@]12CCC(=O)OC[C@@H]1CC[C@@H]1[C@@H]2CC[C@]2(C)C(=O)CC[C@@H]12.C[C@]12CCOC(=O)C[C@@H]1CC[C@@H]1[C@@H]2CC[C@]2(C)C(=O)CC[C@@H]12. The third-order valence-corrected chi connectivity index (χ3v) is 16.2. The first-order valence-corrected chi connectivity index (χ1v) is 18.3. The maximum absolute atomic E-state index is 12.4. The average Bonchev–Trinajstić information content (AvgIpc) is 3.34. The Kier molecular flexibility index (Phi) is 7.68. The Morgan fingerprint density at radius 3 is 1.66 bits per heavy atom. The first-order valence-electron chi connectivity index (χ1n) is 18.3. The predicted octanol–water partition coefficient (Wildman–Crippen LogP) is 7.50. The zero-order valence-electron chi connectivity index (χ0n) is 27.8. The molecule has 0 radical (unpaired) electrons. The largest absolute Gasteiger partial charge is 0.466 e. The molecule has 44 heavy (non-hydrogen) atoms. The van der Waals surface area contributed by atoms with Gasteiger partial charge in [0.1, 0.15) is 11.6 Å². The van der Waals surface area contributed by atoms with Gasteiger partial charge in [-0.3, -0.25) is 19.2 Å². The molecule has 0 N–H and O–H groups in total. The van der Waals surface area contributed by atoms with Crippen LogP contribution >= 0.6 is 0 Å². The van der Waals surface area contributed by atoms with Crippen LogP contribution in [0, 0.1) is 69.0 Å². The highest BCUT2D eigenvalue weighted by Crippen LogP contribution is 2.66. The van der Waals surface area contributed by atoms with Gasteiger partial charge in [-0.25, -0.2) is 0 Å². The van der Waals surface area contributed by atoms with E-state index in [0.29, 0.717) is 85.0 Å². The van der Waals surface area contributed by atoms with E-state index < -0.39 is 0 Å². The molecule has 0 amide bonds. The fourth-order valence-corrected chi connectivity index (χ4v) is 13.3. The van der Waals surface area contributed by atoms with Gasteiger partial charge in [-0.2, -0.15) is 0 Å². The number of Topliss-reactive ketones (excluding diaryl/α,β-unsaturated/α-hetero) is 2. The molecule has 8 rings (SSSR count). The predicted molar refractivity (Wildman–Crippen MR) is 166 cm³/mol. The summed E-state index contributed by atoms with van der Waals surface area (Å²) in [7, 11) is 0. The van der Waals surface area contributed by atoms with Crippen LogP contribution in [0.15, 0.2) is 0 Å². The van der Waals surface area contributed by atoms with Gasteiger partial charge in [0.05, 0.1) is 13.2 Å². The number of cyclic esters (lactones) is 2. The van der Waals surface area contributed by atoms with E-state index in [1.165, 1.54) is 32.1 Å². The van der Waals surface area contributed by atoms with Crippen LogP contribution < -0.4 is 0 Å². The zero-order chi connectivity index (χ0) is 31.1. The topological polar surface area (TPSA) is 86.7 Å². The van der Waals surface area contributed by atoms with E-state index in [9.17, 15) is 19.2 Å². The molecule has 8 aliphatic rings. The lowest BCUT2D eigenvalue weighted by Crippen LogP contribution is -2.52. The van der Waals surface area contributed by atoms with Crippen molar-refractivity contribution in [3.05, 3.63) is 0 Å². The van der Waals surface area contributed by atoms with Crippen molar-refractivity contribution < 1.29 is 28.7 Å². The van der Waals surface area contributed by atoms with Crippen LogP contribution in [-0.2, 0) is 28.7 Å². The molecule has 0 aromatic carbocycles. The standard InChI is InChI=1S/2C19H28O3/c1-18-10-8-17(21)22-11-12(18)3-4-13-14-5-6-16(20)19(14,2)9-7-15(13)18;1-18-9-10-22-17(21)11-12(18)3-4-13-14-5-6-16(20)19(14,2)8-7-15(13)18/h2*12-15H,3-11H2,1-2H3/t2*12-,13-,14-,15-,18-,19-/m00/s1. The van der Waals surface area contributed by atoms with Crippen LogP contribution in [0.5, 0.6) is 0 Å². The Hall–Kier alpha value is -1.72. The van der Waals surface area contributed by atoms with Crippen molar-refractivity contribution >= 4 is 23.5 Å². The van der Waals surface area contributed by atoms with Crippen LogP contribution in [0.3, 0.4) is 0 Å². The number of esters is 2. The lowest BCUT2D eigenvalue weighted by atomic mass is 9.47. The van der Waals surface area contributed by atoms with Gasteiger partial charge in [-0.1, -0.05) is 27.7 Å². The highest BCUT2D eigenvalue weighted by atomic mass is 16.5. The van der Waals surface area contributed by atoms with Gasteiger partial charge in [0, 0.05) is 36.5 Å². The molecule has 6 nitrogen and oxygen atoms in total. The second-order valence-electron chi connectivity index (χ2n) is 17.5. The van der Waals surface area contributed by atoms with Crippen molar-refractivity contribution in [1.29, 1.82) is 0 Å². The normalized spacial score (nSPS) is 51.4. The molecule has 244 valence electrons. The number of hydrogen-bond donors (Lipinski definition) is 0. The van der Waals surface area contributed by atoms with Gasteiger partial charge < -0.3 is 9.47 Å². The lowest BCUT2D eigenvalue weighted by molar-refractivity contribution is -0.146. The lowest BCUT2D eigenvalue weighted by Gasteiger charge is -2.57.